The highest BCUT2D eigenvalue weighted by Crippen LogP contribution is 2.28. The predicted octanol–water partition coefficient (Wildman–Crippen LogP) is 3.24. The molecular formula is C15H19BrF3N5O. The normalized spacial score (nSPS) is 11.8. The number of aryl methyl sites for hydroxylation is 3. The molecule has 10 heteroatoms. The Morgan fingerprint density at radius 3 is 2.56 bits per heavy atom. The van der Waals surface area contributed by atoms with Gasteiger partial charge in [0.1, 0.15) is 0 Å². The SMILES string of the molecule is CCn1cc(Br)c(CN(C)C(=O)CCn2nc(C(F)(F)F)cc2C)n1. The fourth-order valence-corrected chi connectivity index (χ4v) is 2.73. The third kappa shape index (κ3) is 4.83. The van der Waals surface area contributed by atoms with Crippen molar-refractivity contribution in [1.29, 1.82) is 0 Å². The lowest BCUT2D eigenvalue weighted by Crippen LogP contribution is -2.27. The van der Waals surface area contributed by atoms with Crippen LogP contribution in [0.4, 0.5) is 13.2 Å². The first kappa shape index (κ1) is 19.5. The zero-order valence-electron chi connectivity index (χ0n) is 14.1. The van der Waals surface area contributed by atoms with E-state index in [4.69, 9.17) is 0 Å². The molecular weight excluding hydrogens is 403 g/mol. The van der Waals surface area contributed by atoms with Crippen LogP contribution >= 0.6 is 15.9 Å². The van der Waals surface area contributed by atoms with Gasteiger partial charge in [0.25, 0.3) is 0 Å². The number of carbonyl (C=O) groups excluding carboxylic acids is 1. The zero-order chi connectivity index (χ0) is 18.8. The molecule has 0 bridgehead atoms. The number of carbonyl (C=O) groups is 1. The molecule has 0 aromatic carbocycles. The van der Waals surface area contributed by atoms with Crippen LogP contribution in [0, 0.1) is 6.92 Å². The van der Waals surface area contributed by atoms with Gasteiger partial charge < -0.3 is 4.90 Å². The van der Waals surface area contributed by atoms with Gasteiger partial charge in [-0.15, -0.1) is 0 Å². The lowest BCUT2D eigenvalue weighted by Gasteiger charge is -2.16. The molecule has 0 aliphatic heterocycles. The molecule has 2 heterocycles. The lowest BCUT2D eigenvalue weighted by molar-refractivity contribution is -0.141. The number of hydrogen-bond acceptors (Lipinski definition) is 3. The van der Waals surface area contributed by atoms with E-state index in [-0.39, 0.29) is 18.9 Å². The average Bonchev–Trinajstić information content (AvgIpc) is 3.07. The number of rotatable bonds is 6. The third-order valence-corrected chi connectivity index (χ3v) is 4.40. The molecule has 0 radical (unpaired) electrons. The molecule has 2 rings (SSSR count). The van der Waals surface area contributed by atoms with Crippen LogP contribution in [0.1, 0.15) is 30.4 Å². The van der Waals surface area contributed by atoms with E-state index in [1.807, 2.05) is 13.1 Å². The average molecular weight is 422 g/mol. The fraction of sp³-hybridized carbons (Fsp3) is 0.533. The van der Waals surface area contributed by atoms with Crippen LogP contribution in [-0.2, 0) is 30.6 Å². The Hall–Kier alpha value is -1.84. The van der Waals surface area contributed by atoms with Gasteiger partial charge in [-0.1, -0.05) is 0 Å². The molecule has 25 heavy (non-hydrogen) atoms. The van der Waals surface area contributed by atoms with Crippen LogP contribution in [-0.4, -0.2) is 37.4 Å². The van der Waals surface area contributed by atoms with Gasteiger partial charge in [0.15, 0.2) is 5.69 Å². The molecule has 138 valence electrons. The Morgan fingerprint density at radius 2 is 2.04 bits per heavy atom. The van der Waals surface area contributed by atoms with E-state index in [1.54, 1.807) is 11.7 Å². The summed E-state index contributed by atoms with van der Waals surface area (Å²) >= 11 is 3.40. The zero-order valence-corrected chi connectivity index (χ0v) is 15.7. The Bertz CT molecular complexity index is 753. The van der Waals surface area contributed by atoms with Crippen LogP contribution in [0.3, 0.4) is 0 Å². The quantitative estimate of drug-likeness (QED) is 0.719. The monoisotopic (exact) mass is 421 g/mol. The molecule has 0 saturated heterocycles. The molecule has 0 unspecified atom stereocenters. The van der Waals surface area contributed by atoms with Crippen LogP contribution in [0.15, 0.2) is 16.7 Å². The minimum Gasteiger partial charge on any atom is -0.340 e. The fourth-order valence-electron chi connectivity index (χ4n) is 2.29. The molecule has 0 saturated carbocycles. The standard InChI is InChI=1S/C15H19BrF3N5O/c1-4-23-8-11(16)12(20-23)9-22(3)14(25)5-6-24-10(2)7-13(21-24)15(17,18)19/h7-8H,4-6,9H2,1-3H3. The summed E-state index contributed by atoms with van der Waals surface area (Å²) in [4.78, 5) is 13.7. The summed E-state index contributed by atoms with van der Waals surface area (Å²) in [7, 11) is 1.64. The van der Waals surface area contributed by atoms with Gasteiger partial charge in [-0.05, 0) is 35.8 Å². The van der Waals surface area contributed by atoms with Crippen molar-refractivity contribution < 1.29 is 18.0 Å². The number of nitrogens with zero attached hydrogens (tertiary/aromatic N) is 5. The summed E-state index contributed by atoms with van der Waals surface area (Å²) in [6, 6.07) is 0.975. The van der Waals surface area contributed by atoms with Crippen LogP contribution < -0.4 is 0 Å². The summed E-state index contributed by atoms with van der Waals surface area (Å²) in [6.45, 7) is 4.62. The molecule has 2 aromatic heterocycles. The smallest absolute Gasteiger partial charge is 0.340 e. The number of aromatic nitrogens is 4. The van der Waals surface area contributed by atoms with Gasteiger partial charge in [-0.25, -0.2) is 0 Å². The summed E-state index contributed by atoms with van der Waals surface area (Å²) in [6.07, 6.45) is -2.59. The number of hydrogen-bond donors (Lipinski definition) is 0. The molecule has 0 aliphatic rings. The highest BCUT2D eigenvalue weighted by Gasteiger charge is 2.34. The maximum Gasteiger partial charge on any atom is 0.435 e. The first-order chi connectivity index (χ1) is 11.6. The van der Waals surface area contributed by atoms with Crippen molar-refractivity contribution >= 4 is 21.8 Å². The first-order valence-electron chi connectivity index (χ1n) is 7.69. The van der Waals surface area contributed by atoms with Crippen LogP contribution in [0.2, 0.25) is 0 Å². The number of alkyl halides is 3. The molecule has 2 aromatic rings. The largest absolute Gasteiger partial charge is 0.435 e. The predicted molar refractivity (Wildman–Crippen MR) is 88.7 cm³/mol. The van der Waals surface area contributed by atoms with Crippen molar-refractivity contribution in [2.45, 2.75) is 46.1 Å². The molecule has 6 nitrogen and oxygen atoms in total. The summed E-state index contributed by atoms with van der Waals surface area (Å²) in [5, 5.41) is 7.87. The Labute approximate surface area is 151 Å². The van der Waals surface area contributed by atoms with E-state index in [2.05, 4.69) is 26.1 Å². The maximum atomic E-state index is 12.7. The molecule has 0 spiro atoms. The van der Waals surface area contributed by atoms with Gasteiger partial charge >= 0.3 is 6.18 Å². The second-order valence-electron chi connectivity index (χ2n) is 5.67. The van der Waals surface area contributed by atoms with E-state index in [0.29, 0.717) is 12.2 Å². The molecule has 0 N–H and O–H groups in total. The summed E-state index contributed by atoms with van der Waals surface area (Å²) in [5.74, 6) is -0.193. The van der Waals surface area contributed by atoms with Crippen molar-refractivity contribution in [3.05, 3.63) is 33.8 Å². The van der Waals surface area contributed by atoms with E-state index >= 15 is 0 Å². The van der Waals surface area contributed by atoms with Crippen molar-refractivity contribution in [2.24, 2.45) is 0 Å². The first-order valence-corrected chi connectivity index (χ1v) is 8.48. The summed E-state index contributed by atoms with van der Waals surface area (Å²) < 4.78 is 41.7. The topological polar surface area (TPSA) is 56.0 Å². The number of halogens is 4. The van der Waals surface area contributed by atoms with Gasteiger partial charge in [-0.2, -0.15) is 23.4 Å². The van der Waals surface area contributed by atoms with E-state index in [9.17, 15) is 18.0 Å². The minimum atomic E-state index is -4.48. The second-order valence-corrected chi connectivity index (χ2v) is 6.53. The van der Waals surface area contributed by atoms with E-state index in [0.717, 1.165) is 22.8 Å². The van der Waals surface area contributed by atoms with Gasteiger partial charge in [0, 0.05) is 38.4 Å². The van der Waals surface area contributed by atoms with Gasteiger partial charge in [0.05, 0.1) is 16.7 Å². The van der Waals surface area contributed by atoms with Gasteiger partial charge in [0.2, 0.25) is 5.91 Å². The summed E-state index contributed by atoms with van der Waals surface area (Å²) in [5.41, 5.74) is 0.152. The maximum absolute atomic E-state index is 12.7. The Kier molecular flexibility index (Phi) is 5.91. The minimum absolute atomic E-state index is 0.0580. The molecule has 1 amide bonds. The van der Waals surface area contributed by atoms with E-state index < -0.39 is 11.9 Å². The molecule has 0 aliphatic carbocycles. The van der Waals surface area contributed by atoms with Gasteiger partial charge in [-0.3, -0.25) is 14.2 Å². The van der Waals surface area contributed by atoms with Crippen LogP contribution in [0.25, 0.3) is 0 Å². The van der Waals surface area contributed by atoms with Crippen molar-refractivity contribution in [2.75, 3.05) is 7.05 Å². The van der Waals surface area contributed by atoms with Crippen molar-refractivity contribution in [3.8, 4) is 0 Å². The highest BCUT2D eigenvalue weighted by molar-refractivity contribution is 9.10. The number of amides is 1. The lowest BCUT2D eigenvalue weighted by atomic mass is 10.3. The second kappa shape index (κ2) is 7.59. The molecule has 0 fully saturated rings. The van der Waals surface area contributed by atoms with Crippen molar-refractivity contribution in [3.63, 3.8) is 0 Å². The highest BCUT2D eigenvalue weighted by atomic mass is 79.9. The Balaban J connectivity index is 1.95. The molecule has 0 atom stereocenters. The van der Waals surface area contributed by atoms with Crippen LogP contribution in [0.5, 0.6) is 0 Å². The van der Waals surface area contributed by atoms with E-state index in [1.165, 1.54) is 16.5 Å². The van der Waals surface area contributed by atoms with Crippen molar-refractivity contribution in [1.82, 2.24) is 24.5 Å². The third-order valence-electron chi connectivity index (χ3n) is 3.73. The Morgan fingerprint density at radius 1 is 1.36 bits per heavy atom.